The molecule has 1 amide bonds. The molecule has 1 fully saturated rings. The third kappa shape index (κ3) is 4.29. The largest absolute Gasteiger partial charge is 0.419 e. The molecule has 1 aromatic rings. The van der Waals surface area contributed by atoms with Crippen LogP contribution in [0.4, 0.5) is 17.6 Å². The molecule has 2 nitrogen and oxygen atoms in total. The number of carbonyl (C=O) groups excluding carboxylic acids is 1. The van der Waals surface area contributed by atoms with E-state index >= 15 is 0 Å². The predicted molar refractivity (Wildman–Crippen MR) is 77.3 cm³/mol. The molecule has 1 heterocycles. The first-order valence-electron chi connectivity index (χ1n) is 6.23. The van der Waals surface area contributed by atoms with Crippen LogP contribution in [0.3, 0.4) is 0 Å². The van der Waals surface area contributed by atoms with Gasteiger partial charge in [0.25, 0.3) is 5.91 Å². The summed E-state index contributed by atoms with van der Waals surface area (Å²) in [5.41, 5.74) is -1.99. The maximum absolute atomic E-state index is 13.8. The average Bonchev–Trinajstić information content (AvgIpc) is 2.45. The Morgan fingerprint density at radius 2 is 2.10 bits per heavy atom. The molecule has 1 aliphatic rings. The van der Waals surface area contributed by atoms with Gasteiger partial charge < -0.3 is 5.32 Å². The first-order chi connectivity index (χ1) is 9.89. The van der Waals surface area contributed by atoms with Crippen LogP contribution in [0.1, 0.15) is 15.9 Å². The Hall–Kier alpha value is -0.890. The standard InChI is InChI=1S/C13H13F4NOS2/c14-11-9(2-1-3-10(11)13(15,16)17)12(19)18-6-8-7-20-4-5-21-8/h1-3,8H,4-7H2,(H,18,19). The molecule has 0 spiro atoms. The topological polar surface area (TPSA) is 29.1 Å². The number of halogens is 4. The highest BCUT2D eigenvalue weighted by molar-refractivity contribution is 8.06. The Kier molecular flexibility index (Phi) is 5.43. The first-order valence-corrected chi connectivity index (χ1v) is 8.43. The van der Waals surface area contributed by atoms with Gasteiger partial charge in [0.05, 0.1) is 11.1 Å². The van der Waals surface area contributed by atoms with Gasteiger partial charge in [0.1, 0.15) is 5.82 Å². The molecule has 1 aliphatic heterocycles. The zero-order valence-electron chi connectivity index (χ0n) is 10.9. The summed E-state index contributed by atoms with van der Waals surface area (Å²) in [6, 6.07) is 2.72. The van der Waals surface area contributed by atoms with Gasteiger partial charge in [0.15, 0.2) is 0 Å². The van der Waals surface area contributed by atoms with Gasteiger partial charge in [0, 0.05) is 29.1 Å². The molecule has 0 aliphatic carbocycles. The molecule has 1 N–H and O–H groups in total. The summed E-state index contributed by atoms with van der Waals surface area (Å²) in [6.07, 6.45) is -4.81. The second-order valence-electron chi connectivity index (χ2n) is 4.44. The number of benzene rings is 1. The Morgan fingerprint density at radius 3 is 2.71 bits per heavy atom. The number of hydrogen-bond donors (Lipinski definition) is 1. The maximum Gasteiger partial charge on any atom is 0.419 e. The lowest BCUT2D eigenvalue weighted by atomic mass is 10.1. The van der Waals surface area contributed by atoms with Crippen LogP contribution in [0.15, 0.2) is 18.2 Å². The molecule has 1 aromatic carbocycles. The van der Waals surface area contributed by atoms with E-state index in [0.29, 0.717) is 12.6 Å². The highest BCUT2D eigenvalue weighted by atomic mass is 32.2. The van der Waals surface area contributed by atoms with E-state index in [1.165, 1.54) is 0 Å². The third-order valence-electron chi connectivity index (χ3n) is 2.92. The van der Waals surface area contributed by atoms with E-state index in [0.717, 1.165) is 29.4 Å². The number of thioether (sulfide) groups is 2. The Morgan fingerprint density at radius 1 is 1.33 bits per heavy atom. The molecular weight excluding hydrogens is 326 g/mol. The fraction of sp³-hybridized carbons (Fsp3) is 0.462. The zero-order valence-corrected chi connectivity index (χ0v) is 12.5. The van der Waals surface area contributed by atoms with Gasteiger partial charge in [-0.25, -0.2) is 4.39 Å². The fourth-order valence-electron chi connectivity index (χ4n) is 1.88. The van der Waals surface area contributed by atoms with Gasteiger partial charge in [-0.05, 0) is 12.1 Å². The molecule has 0 bridgehead atoms. The molecule has 0 aromatic heterocycles. The molecule has 0 radical (unpaired) electrons. The fourth-order valence-corrected chi connectivity index (χ4v) is 4.49. The van der Waals surface area contributed by atoms with E-state index < -0.39 is 29.0 Å². The molecule has 1 saturated heterocycles. The Balaban J connectivity index is 2.05. The average molecular weight is 339 g/mol. The lowest BCUT2D eigenvalue weighted by Gasteiger charge is -2.21. The monoisotopic (exact) mass is 339 g/mol. The van der Waals surface area contributed by atoms with E-state index in [1.807, 2.05) is 0 Å². The van der Waals surface area contributed by atoms with Crippen LogP contribution >= 0.6 is 23.5 Å². The molecule has 1 unspecified atom stereocenters. The van der Waals surface area contributed by atoms with E-state index in [2.05, 4.69) is 5.32 Å². The van der Waals surface area contributed by atoms with Crippen molar-refractivity contribution in [1.29, 1.82) is 0 Å². The van der Waals surface area contributed by atoms with Crippen molar-refractivity contribution < 1.29 is 22.4 Å². The van der Waals surface area contributed by atoms with E-state index in [1.54, 1.807) is 23.5 Å². The van der Waals surface area contributed by atoms with Gasteiger partial charge in [-0.1, -0.05) is 6.07 Å². The van der Waals surface area contributed by atoms with Crippen LogP contribution in [0.2, 0.25) is 0 Å². The minimum atomic E-state index is -4.81. The van der Waals surface area contributed by atoms with Crippen LogP contribution in [-0.2, 0) is 6.18 Å². The van der Waals surface area contributed by atoms with Gasteiger partial charge in [-0.3, -0.25) is 4.79 Å². The number of rotatable bonds is 3. The van der Waals surface area contributed by atoms with Gasteiger partial charge in [-0.2, -0.15) is 36.7 Å². The summed E-state index contributed by atoms with van der Waals surface area (Å²) < 4.78 is 51.6. The second kappa shape index (κ2) is 6.91. The van der Waals surface area contributed by atoms with Crippen LogP contribution in [0.5, 0.6) is 0 Å². The summed E-state index contributed by atoms with van der Waals surface area (Å²) >= 11 is 3.47. The molecular formula is C13H13F4NOS2. The van der Waals surface area contributed by atoms with E-state index in [-0.39, 0.29) is 5.25 Å². The number of alkyl halides is 3. The van der Waals surface area contributed by atoms with Crippen LogP contribution in [0.25, 0.3) is 0 Å². The zero-order chi connectivity index (χ0) is 15.5. The number of carbonyl (C=O) groups is 1. The molecule has 2 rings (SSSR count). The summed E-state index contributed by atoms with van der Waals surface area (Å²) in [5, 5.41) is 2.72. The summed E-state index contributed by atoms with van der Waals surface area (Å²) in [7, 11) is 0. The van der Waals surface area contributed by atoms with Crippen molar-refractivity contribution in [3.05, 3.63) is 35.1 Å². The lowest BCUT2D eigenvalue weighted by molar-refractivity contribution is -0.140. The van der Waals surface area contributed by atoms with Crippen molar-refractivity contribution in [3.8, 4) is 0 Å². The minimum absolute atomic E-state index is 0.210. The van der Waals surface area contributed by atoms with Crippen molar-refractivity contribution in [1.82, 2.24) is 5.32 Å². The summed E-state index contributed by atoms with van der Waals surface area (Å²) in [5.74, 6) is 0.569. The van der Waals surface area contributed by atoms with Crippen molar-refractivity contribution in [2.45, 2.75) is 11.4 Å². The molecule has 8 heteroatoms. The smallest absolute Gasteiger partial charge is 0.351 e. The first kappa shape index (κ1) is 16.5. The van der Waals surface area contributed by atoms with Crippen LogP contribution in [0, 0.1) is 5.82 Å². The van der Waals surface area contributed by atoms with Crippen molar-refractivity contribution in [3.63, 3.8) is 0 Å². The summed E-state index contributed by atoms with van der Waals surface area (Å²) in [6.45, 7) is 0.326. The number of nitrogens with one attached hydrogen (secondary N) is 1. The lowest BCUT2D eigenvalue weighted by Crippen LogP contribution is -2.34. The molecule has 116 valence electrons. The van der Waals surface area contributed by atoms with Crippen LogP contribution in [-0.4, -0.2) is 35.0 Å². The highest BCUT2D eigenvalue weighted by Crippen LogP contribution is 2.32. The molecule has 21 heavy (non-hydrogen) atoms. The number of amides is 1. The maximum atomic E-state index is 13.8. The van der Waals surface area contributed by atoms with E-state index in [9.17, 15) is 22.4 Å². The van der Waals surface area contributed by atoms with Gasteiger partial charge in [0.2, 0.25) is 0 Å². The van der Waals surface area contributed by atoms with Crippen molar-refractivity contribution >= 4 is 29.4 Å². The second-order valence-corrected chi connectivity index (χ2v) is 7.00. The Bertz CT molecular complexity index is 515. The van der Waals surface area contributed by atoms with Crippen molar-refractivity contribution in [2.24, 2.45) is 0 Å². The van der Waals surface area contributed by atoms with Gasteiger partial charge in [-0.15, -0.1) is 0 Å². The minimum Gasteiger partial charge on any atom is -0.351 e. The van der Waals surface area contributed by atoms with Crippen LogP contribution < -0.4 is 5.32 Å². The Labute approximate surface area is 128 Å². The third-order valence-corrected chi connectivity index (χ3v) is 5.77. The summed E-state index contributed by atoms with van der Waals surface area (Å²) in [4.78, 5) is 11.9. The normalized spacial score (nSPS) is 19.3. The predicted octanol–water partition coefficient (Wildman–Crippen LogP) is 3.42. The number of hydrogen-bond acceptors (Lipinski definition) is 3. The SMILES string of the molecule is O=C(NCC1CSCCS1)c1cccc(C(F)(F)F)c1F. The molecule has 0 saturated carbocycles. The quantitative estimate of drug-likeness (QED) is 0.856. The van der Waals surface area contributed by atoms with Crippen molar-refractivity contribution in [2.75, 3.05) is 23.8 Å². The highest BCUT2D eigenvalue weighted by Gasteiger charge is 2.35. The van der Waals surface area contributed by atoms with E-state index in [4.69, 9.17) is 0 Å². The molecule has 1 atom stereocenters. The van der Waals surface area contributed by atoms with Gasteiger partial charge >= 0.3 is 6.18 Å².